The zero-order valence-electron chi connectivity index (χ0n) is 21.7. The summed E-state index contributed by atoms with van der Waals surface area (Å²) in [5.41, 5.74) is 3.33. The summed E-state index contributed by atoms with van der Waals surface area (Å²) in [6.45, 7) is 11.0. The Kier molecular flexibility index (Phi) is 9.03. The van der Waals surface area contributed by atoms with E-state index in [0.29, 0.717) is 30.8 Å². The quantitative estimate of drug-likeness (QED) is 0.304. The second kappa shape index (κ2) is 11.8. The lowest BCUT2D eigenvalue weighted by molar-refractivity contribution is -0.171. The maximum absolute atomic E-state index is 6.44. The van der Waals surface area contributed by atoms with Gasteiger partial charge in [-0.3, -0.25) is 4.84 Å². The Morgan fingerprint density at radius 1 is 1.09 bits per heavy atom. The van der Waals surface area contributed by atoms with Crippen molar-refractivity contribution < 1.29 is 14.3 Å². The molecule has 5 unspecified atom stereocenters. The van der Waals surface area contributed by atoms with Crippen molar-refractivity contribution in [2.45, 2.75) is 104 Å². The molecule has 1 aromatic rings. The predicted octanol–water partition coefficient (Wildman–Crippen LogP) is 8.04. The average molecular weight is 535 g/mol. The van der Waals surface area contributed by atoms with Crippen LogP contribution in [-0.4, -0.2) is 30.4 Å². The predicted molar refractivity (Wildman–Crippen MR) is 142 cm³/mol. The van der Waals surface area contributed by atoms with E-state index in [0.717, 1.165) is 42.7 Å². The molecule has 2 saturated carbocycles. The molecule has 0 spiro atoms. The van der Waals surface area contributed by atoms with E-state index < -0.39 is 0 Å². The Balaban J connectivity index is 1.44. The van der Waals surface area contributed by atoms with Crippen LogP contribution in [0.3, 0.4) is 0 Å². The third-order valence-electron chi connectivity index (χ3n) is 8.73. The first-order chi connectivity index (χ1) is 16.5. The Hall–Kier alpha value is -1.04. The van der Waals surface area contributed by atoms with E-state index in [4.69, 9.17) is 14.3 Å². The molecule has 1 heterocycles. The van der Waals surface area contributed by atoms with Crippen LogP contribution in [0.25, 0.3) is 0 Å². The van der Waals surface area contributed by atoms with Gasteiger partial charge in [0.2, 0.25) is 0 Å². The zero-order valence-corrected chi connectivity index (χ0v) is 23.2. The van der Waals surface area contributed by atoms with Gasteiger partial charge in [-0.1, -0.05) is 35.4 Å². The molecule has 0 aromatic heterocycles. The van der Waals surface area contributed by atoms with Crippen molar-refractivity contribution in [3.63, 3.8) is 0 Å². The van der Waals surface area contributed by atoms with Gasteiger partial charge in [0.1, 0.15) is 11.5 Å². The van der Waals surface area contributed by atoms with Crippen LogP contribution in [0, 0.1) is 17.3 Å². The molecular weight excluding hydrogens is 490 g/mol. The summed E-state index contributed by atoms with van der Waals surface area (Å²) in [6, 6.07) is 6.76. The van der Waals surface area contributed by atoms with Gasteiger partial charge in [0.15, 0.2) is 0 Å². The van der Waals surface area contributed by atoms with Crippen molar-refractivity contribution in [2.75, 3.05) is 13.2 Å². The number of hydrogen-bond acceptors (Lipinski definition) is 4. The van der Waals surface area contributed by atoms with Gasteiger partial charge in [-0.2, -0.15) is 5.06 Å². The highest BCUT2D eigenvalue weighted by molar-refractivity contribution is 9.11. The second-order valence-electron chi connectivity index (χ2n) is 10.7. The Bertz CT molecular complexity index is 818. The number of halogens is 1. The second-order valence-corrected chi connectivity index (χ2v) is 11.2. The molecule has 5 atom stereocenters. The fourth-order valence-corrected chi connectivity index (χ4v) is 7.51. The van der Waals surface area contributed by atoms with E-state index in [2.05, 4.69) is 52.0 Å². The minimum Gasteiger partial charge on any atom is -0.494 e. The molecule has 0 amide bonds. The fraction of sp³-hybridized carbons (Fsp3) is 0.724. The number of nitrogens with zero attached hydrogens (tertiary/aromatic N) is 1. The van der Waals surface area contributed by atoms with Crippen LogP contribution in [0.5, 0.6) is 11.5 Å². The fourth-order valence-electron chi connectivity index (χ4n) is 6.96. The van der Waals surface area contributed by atoms with Gasteiger partial charge in [0.25, 0.3) is 0 Å². The van der Waals surface area contributed by atoms with Crippen molar-refractivity contribution in [1.29, 1.82) is 0 Å². The molecule has 0 radical (unpaired) electrons. The maximum Gasteiger partial charge on any atom is 0.123 e. The largest absolute Gasteiger partial charge is 0.494 e. The molecule has 4 nitrogen and oxygen atoms in total. The first-order valence-electron chi connectivity index (χ1n) is 13.6. The van der Waals surface area contributed by atoms with E-state index >= 15 is 0 Å². The lowest BCUT2D eigenvalue weighted by atomic mass is 9.63. The smallest absolute Gasteiger partial charge is 0.123 e. The van der Waals surface area contributed by atoms with E-state index in [1.54, 1.807) is 5.57 Å². The van der Waals surface area contributed by atoms with E-state index in [1.165, 1.54) is 50.5 Å². The third kappa shape index (κ3) is 5.68. The van der Waals surface area contributed by atoms with Gasteiger partial charge in [-0.15, -0.1) is 0 Å². The Morgan fingerprint density at radius 2 is 1.82 bits per heavy atom. The van der Waals surface area contributed by atoms with Gasteiger partial charge in [0, 0.05) is 18.7 Å². The summed E-state index contributed by atoms with van der Waals surface area (Å²) < 4.78 is 11.6. The first-order valence-corrected chi connectivity index (χ1v) is 14.5. The number of fused-ring (bicyclic) bond motifs is 1. The highest BCUT2D eigenvalue weighted by Gasteiger charge is 2.49. The summed E-state index contributed by atoms with van der Waals surface area (Å²) in [5, 5.41) is 2.27. The first kappa shape index (κ1) is 26.0. The molecule has 1 aliphatic heterocycles. The van der Waals surface area contributed by atoms with E-state index in [9.17, 15) is 0 Å². The summed E-state index contributed by atoms with van der Waals surface area (Å²) in [6.07, 6.45) is 11.8. The number of hydroxylamine groups is 2. The molecule has 0 N–H and O–H groups in total. The number of rotatable bonds is 10. The van der Waals surface area contributed by atoms with Crippen molar-refractivity contribution in [1.82, 2.24) is 5.06 Å². The van der Waals surface area contributed by atoms with Crippen LogP contribution >= 0.6 is 15.9 Å². The SMILES string of the molecule is CCOc1cc(CN2OC(CC)CC2CCC2CCC3/C(=C/Br)CCCC23C)cc(OCC)c1. The number of benzene rings is 1. The summed E-state index contributed by atoms with van der Waals surface area (Å²) in [4.78, 5) is 8.68. The third-order valence-corrected chi connectivity index (χ3v) is 9.32. The summed E-state index contributed by atoms with van der Waals surface area (Å²) in [5.74, 6) is 3.37. The molecule has 2 aliphatic carbocycles. The van der Waals surface area contributed by atoms with Crippen LogP contribution in [-0.2, 0) is 11.4 Å². The molecule has 5 heteroatoms. The zero-order chi connectivity index (χ0) is 24.1. The van der Waals surface area contributed by atoms with Crippen molar-refractivity contribution in [3.05, 3.63) is 34.3 Å². The maximum atomic E-state index is 6.44. The summed E-state index contributed by atoms with van der Waals surface area (Å²) >= 11 is 3.66. The molecule has 3 aliphatic rings. The molecule has 0 bridgehead atoms. The van der Waals surface area contributed by atoms with Crippen molar-refractivity contribution in [2.24, 2.45) is 17.3 Å². The standard InChI is InChI=1S/C29H44BrNO3/c1-5-25-17-24(12-10-23-11-13-28-22(19-30)9-8-14-29(23,28)4)31(34-25)20-21-15-26(32-6-2)18-27(16-21)33-7-3/h15-16,18-19,23-25,28H,5-14,17,20H2,1-4H3/b22-19+. The number of ether oxygens (including phenoxy) is 2. The van der Waals surface area contributed by atoms with Crippen LogP contribution in [0.4, 0.5) is 0 Å². The molecule has 4 rings (SSSR count). The Morgan fingerprint density at radius 3 is 2.47 bits per heavy atom. The monoisotopic (exact) mass is 533 g/mol. The van der Waals surface area contributed by atoms with Crippen molar-refractivity contribution >= 4 is 15.9 Å². The Labute approximate surface area is 215 Å². The van der Waals surface area contributed by atoms with Gasteiger partial charge < -0.3 is 9.47 Å². The van der Waals surface area contributed by atoms with E-state index in [-0.39, 0.29) is 0 Å². The normalized spacial score (nSPS) is 32.8. The van der Waals surface area contributed by atoms with Crippen molar-refractivity contribution in [3.8, 4) is 11.5 Å². The van der Waals surface area contributed by atoms with Gasteiger partial charge >= 0.3 is 0 Å². The molecule has 190 valence electrons. The van der Waals surface area contributed by atoms with Crippen LogP contribution < -0.4 is 9.47 Å². The minimum atomic E-state index is 0.330. The number of hydrogen-bond donors (Lipinski definition) is 0. The molecule has 1 aromatic carbocycles. The highest BCUT2D eigenvalue weighted by atomic mass is 79.9. The van der Waals surface area contributed by atoms with E-state index in [1.807, 2.05) is 19.9 Å². The van der Waals surface area contributed by atoms with Gasteiger partial charge in [0.05, 0.1) is 19.3 Å². The van der Waals surface area contributed by atoms with Gasteiger partial charge in [-0.25, -0.2) is 0 Å². The lowest BCUT2D eigenvalue weighted by Crippen LogP contribution is -2.34. The minimum absolute atomic E-state index is 0.330. The average Bonchev–Trinajstić information content (AvgIpc) is 3.37. The van der Waals surface area contributed by atoms with Crippen LogP contribution in [0.1, 0.15) is 91.0 Å². The summed E-state index contributed by atoms with van der Waals surface area (Å²) in [7, 11) is 0. The van der Waals surface area contributed by atoms with Crippen LogP contribution in [0.15, 0.2) is 28.8 Å². The number of allylic oxidation sites excluding steroid dienone is 1. The topological polar surface area (TPSA) is 30.9 Å². The molecular formula is C29H44BrNO3. The lowest BCUT2D eigenvalue weighted by Gasteiger charge is -2.42. The highest BCUT2D eigenvalue weighted by Crippen LogP contribution is 2.59. The molecule has 1 saturated heterocycles. The molecule has 34 heavy (non-hydrogen) atoms. The van der Waals surface area contributed by atoms with Gasteiger partial charge in [-0.05, 0) is 112 Å². The molecule has 3 fully saturated rings. The van der Waals surface area contributed by atoms with Crippen LogP contribution in [0.2, 0.25) is 0 Å².